The Bertz CT molecular complexity index is 846. The smallest absolute Gasteiger partial charge is 0.234 e. The van der Waals surface area contributed by atoms with E-state index in [9.17, 15) is 4.79 Å². The van der Waals surface area contributed by atoms with E-state index in [1.807, 2.05) is 53.3 Å². The Hall–Kier alpha value is -2.32. The highest BCUT2D eigenvalue weighted by atomic mass is 32.2. The van der Waals surface area contributed by atoms with Crippen LogP contribution in [0.3, 0.4) is 0 Å². The topological polar surface area (TPSA) is 69.0 Å². The van der Waals surface area contributed by atoms with Crippen molar-refractivity contribution in [1.29, 1.82) is 0 Å². The normalized spacial score (nSPS) is 10.6. The lowest BCUT2D eigenvalue weighted by Crippen LogP contribution is -2.15. The summed E-state index contributed by atoms with van der Waals surface area (Å²) in [5, 5.41) is 14.1. The number of methoxy groups -OCH3 is 1. The number of para-hydroxylation sites is 2. The van der Waals surface area contributed by atoms with Gasteiger partial charge in [-0.05, 0) is 30.5 Å². The summed E-state index contributed by atoms with van der Waals surface area (Å²) in [5.41, 5.74) is 0.659. The number of anilines is 1. The third kappa shape index (κ3) is 4.02. The van der Waals surface area contributed by atoms with E-state index in [0.29, 0.717) is 11.4 Å². The van der Waals surface area contributed by atoms with Gasteiger partial charge in [-0.1, -0.05) is 30.0 Å². The third-order valence-electron chi connectivity index (χ3n) is 3.49. The number of carbonyl (C=O) groups excluding carboxylic acids is 1. The van der Waals surface area contributed by atoms with Gasteiger partial charge < -0.3 is 14.6 Å². The Morgan fingerprint density at radius 3 is 2.84 bits per heavy atom. The molecule has 130 valence electrons. The molecule has 3 aromatic rings. The number of hydrogen-bond acceptors (Lipinski definition) is 6. The molecule has 0 atom stereocenters. The van der Waals surface area contributed by atoms with Crippen molar-refractivity contribution in [3.8, 4) is 16.5 Å². The van der Waals surface area contributed by atoms with E-state index < -0.39 is 0 Å². The molecule has 2 heterocycles. The molecule has 0 aliphatic carbocycles. The molecule has 1 aromatic carbocycles. The first-order chi connectivity index (χ1) is 12.2. The highest BCUT2D eigenvalue weighted by Crippen LogP contribution is 2.28. The van der Waals surface area contributed by atoms with Gasteiger partial charge in [0.1, 0.15) is 5.75 Å². The molecule has 0 fully saturated rings. The highest BCUT2D eigenvalue weighted by molar-refractivity contribution is 7.99. The molecule has 0 aliphatic rings. The highest BCUT2D eigenvalue weighted by Gasteiger charge is 2.15. The average Bonchev–Trinajstić information content (AvgIpc) is 3.29. The summed E-state index contributed by atoms with van der Waals surface area (Å²) < 4.78 is 7.26. The third-order valence-corrected chi connectivity index (χ3v) is 5.32. The molecule has 6 nitrogen and oxygen atoms in total. The Balaban J connectivity index is 1.66. The SMILES string of the molecule is CCn1c(SCC(=O)Nc2ccccc2OC)nnc1-c1cccs1. The Morgan fingerprint density at radius 2 is 2.12 bits per heavy atom. The number of carbonyl (C=O) groups is 1. The Kier molecular flexibility index (Phi) is 5.72. The van der Waals surface area contributed by atoms with Gasteiger partial charge in [-0.3, -0.25) is 4.79 Å². The second kappa shape index (κ2) is 8.17. The van der Waals surface area contributed by atoms with Crippen LogP contribution >= 0.6 is 23.1 Å². The molecule has 0 saturated heterocycles. The van der Waals surface area contributed by atoms with E-state index in [1.54, 1.807) is 18.4 Å². The van der Waals surface area contributed by atoms with Crippen LogP contribution in [0.5, 0.6) is 5.75 Å². The number of hydrogen-bond donors (Lipinski definition) is 1. The van der Waals surface area contributed by atoms with E-state index >= 15 is 0 Å². The van der Waals surface area contributed by atoms with Crippen LogP contribution in [0.1, 0.15) is 6.92 Å². The zero-order chi connectivity index (χ0) is 17.6. The second-order valence-corrected chi connectivity index (χ2v) is 6.96. The number of thioether (sulfide) groups is 1. The summed E-state index contributed by atoms with van der Waals surface area (Å²) in [6, 6.07) is 11.3. The molecule has 1 N–H and O–H groups in total. The molecule has 0 unspecified atom stereocenters. The van der Waals surface area contributed by atoms with E-state index in [1.165, 1.54) is 11.8 Å². The van der Waals surface area contributed by atoms with Gasteiger partial charge in [-0.15, -0.1) is 21.5 Å². The number of benzene rings is 1. The van der Waals surface area contributed by atoms with Crippen LogP contribution in [-0.2, 0) is 11.3 Å². The maximum atomic E-state index is 12.2. The first-order valence-corrected chi connectivity index (χ1v) is 9.62. The number of nitrogens with one attached hydrogen (secondary N) is 1. The molecule has 0 aliphatic heterocycles. The van der Waals surface area contributed by atoms with Gasteiger partial charge in [-0.25, -0.2) is 0 Å². The first kappa shape index (κ1) is 17.5. The van der Waals surface area contributed by atoms with Gasteiger partial charge in [0.2, 0.25) is 5.91 Å². The van der Waals surface area contributed by atoms with Crippen molar-refractivity contribution in [2.24, 2.45) is 0 Å². The zero-order valence-electron chi connectivity index (χ0n) is 13.9. The van der Waals surface area contributed by atoms with Crippen molar-refractivity contribution >= 4 is 34.7 Å². The minimum Gasteiger partial charge on any atom is -0.495 e. The molecular formula is C17H18N4O2S2. The molecule has 0 radical (unpaired) electrons. The van der Waals surface area contributed by atoms with Crippen molar-refractivity contribution in [2.75, 3.05) is 18.2 Å². The van der Waals surface area contributed by atoms with Crippen molar-refractivity contribution in [1.82, 2.24) is 14.8 Å². The predicted molar refractivity (Wildman–Crippen MR) is 101 cm³/mol. The summed E-state index contributed by atoms with van der Waals surface area (Å²) in [6.07, 6.45) is 0. The molecule has 0 saturated carbocycles. The molecule has 0 spiro atoms. The summed E-state index contributed by atoms with van der Waals surface area (Å²) >= 11 is 3.00. The summed E-state index contributed by atoms with van der Waals surface area (Å²) in [5.74, 6) is 1.61. The van der Waals surface area contributed by atoms with Crippen molar-refractivity contribution in [2.45, 2.75) is 18.6 Å². The predicted octanol–water partition coefficient (Wildman–Crippen LogP) is 3.77. The number of thiophene rings is 1. The van der Waals surface area contributed by atoms with Gasteiger partial charge >= 0.3 is 0 Å². The molecule has 3 rings (SSSR count). The van der Waals surface area contributed by atoms with Gasteiger partial charge in [-0.2, -0.15) is 0 Å². The van der Waals surface area contributed by atoms with E-state index in [4.69, 9.17) is 4.74 Å². The van der Waals surface area contributed by atoms with Crippen LogP contribution < -0.4 is 10.1 Å². The van der Waals surface area contributed by atoms with Crippen molar-refractivity contribution < 1.29 is 9.53 Å². The Morgan fingerprint density at radius 1 is 1.28 bits per heavy atom. The van der Waals surface area contributed by atoms with Crippen LogP contribution in [0.25, 0.3) is 10.7 Å². The fourth-order valence-electron chi connectivity index (χ4n) is 2.33. The van der Waals surface area contributed by atoms with E-state index in [0.717, 1.165) is 22.4 Å². The first-order valence-electron chi connectivity index (χ1n) is 7.75. The van der Waals surface area contributed by atoms with Crippen LogP contribution in [0, 0.1) is 0 Å². The zero-order valence-corrected chi connectivity index (χ0v) is 15.6. The largest absolute Gasteiger partial charge is 0.495 e. The minimum atomic E-state index is -0.113. The van der Waals surface area contributed by atoms with Gasteiger partial charge in [0.25, 0.3) is 0 Å². The molecule has 25 heavy (non-hydrogen) atoms. The van der Waals surface area contributed by atoms with Gasteiger partial charge in [0, 0.05) is 6.54 Å². The lowest BCUT2D eigenvalue weighted by Gasteiger charge is -2.10. The van der Waals surface area contributed by atoms with Gasteiger partial charge in [0.15, 0.2) is 11.0 Å². The monoisotopic (exact) mass is 374 g/mol. The molecular weight excluding hydrogens is 356 g/mol. The van der Waals surface area contributed by atoms with E-state index in [-0.39, 0.29) is 11.7 Å². The molecule has 0 bridgehead atoms. The lowest BCUT2D eigenvalue weighted by atomic mass is 10.3. The number of aromatic nitrogens is 3. The van der Waals surface area contributed by atoms with Crippen molar-refractivity contribution in [3.05, 3.63) is 41.8 Å². The van der Waals surface area contributed by atoms with Crippen LogP contribution in [0.2, 0.25) is 0 Å². The maximum absolute atomic E-state index is 12.2. The van der Waals surface area contributed by atoms with Gasteiger partial charge in [0.05, 0.1) is 23.4 Å². The quantitative estimate of drug-likeness (QED) is 0.638. The second-order valence-electron chi connectivity index (χ2n) is 5.06. The summed E-state index contributed by atoms with van der Waals surface area (Å²) in [7, 11) is 1.58. The lowest BCUT2D eigenvalue weighted by molar-refractivity contribution is -0.113. The van der Waals surface area contributed by atoms with Crippen LogP contribution in [0.15, 0.2) is 46.9 Å². The maximum Gasteiger partial charge on any atom is 0.234 e. The number of ether oxygens (including phenoxy) is 1. The average molecular weight is 374 g/mol. The van der Waals surface area contributed by atoms with Crippen molar-refractivity contribution in [3.63, 3.8) is 0 Å². The standard InChI is InChI=1S/C17H18N4O2S2/c1-3-21-16(14-9-6-10-24-14)19-20-17(21)25-11-15(22)18-12-7-4-5-8-13(12)23-2/h4-10H,3,11H2,1-2H3,(H,18,22). The summed E-state index contributed by atoms with van der Waals surface area (Å²) in [6.45, 7) is 2.79. The van der Waals surface area contributed by atoms with Crippen LogP contribution in [0.4, 0.5) is 5.69 Å². The fraction of sp³-hybridized carbons (Fsp3) is 0.235. The molecule has 2 aromatic heterocycles. The molecule has 8 heteroatoms. The number of nitrogens with zero attached hydrogens (tertiary/aromatic N) is 3. The fourth-order valence-corrected chi connectivity index (χ4v) is 3.85. The molecule has 1 amide bonds. The summed E-state index contributed by atoms with van der Waals surface area (Å²) in [4.78, 5) is 13.3. The Labute approximate surface area is 154 Å². The van der Waals surface area contributed by atoms with E-state index in [2.05, 4.69) is 15.5 Å². The minimum absolute atomic E-state index is 0.113. The number of amides is 1. The van der Waals surface area contributed by atoms with Crippen LogP contribution in [-0.4, -0.2) is 33.5 Å². The number of rotatable bonds is 7.